The van der Waals surface area contributed by atoms with E-state index in [4.69, 9.17) is 4.74 Å². The number of nitrogens with one attached hydrogen (secondary N) is 1. The zero-order chi connectivity index (χ0) is 23.8. The first-order valence-electron chi connectivity index (χ1n) is 11.4. The summed E-state index contributed by atoms with van der Waals surface area (Å²) in [6.07, 6.45) is 4.35. The highest BCUT2D eigenvalue weighted by Gasteiger charge is 2.31. The van der Waals surface area contributed by atoms with Gasteiger partial charge in [-0.05, 0) is 37.0 Å². The summed E-state index contributed by atoms with van der Waals surface area (Å²) in [5.41, 5.74) is 1.04. The molecular weight excluding hydrogens is 422 g/mol. The third-order valence-electron chi connectivity index (χ3n) is 6.10. The Morgan fingerprint density at radius 1 is 1.18 bits per heavy atom. The van der Waals surface area contributed by atoms with Crippen molar-refractivity contribution in [2.45, 2.75) is 64.1 Å². The van der Waals surface area contributed by atoms with E-state index in [2.05, 4.69) is 5.32 Å². The first-order valence-corrected chi connectivity index (χ1v) is 11.4. The fourth-order valence-corrected chi connectivity index (χ4v) is 4.36. The summed E-state index contributed by atoms with van der Waals surface area (Å²) in [6.45, 7) is 2.07. The number of hydrogen-bond donors (Lipinski definition) is 1. The molecule has 3 rings (SSSR count). The van der Waals surface area contributed by atoms with Gasteiger partial charge in [-0.25, -0.2) is 0 Å². The molecular formula is C25H31N3O5. The van der Waals surface area contributed by atoms with Crippen molar-refractivity contribution < 1.29 is 19.2 Å². The molecule has 0 heterocycles. The monoisotopic (exact) mass is 453 g/mol. The third-order valence-corrected chi connectivity index (χ3v) is 6.10. The van der Waals surface area contributed by atoms with Crippen molar-refractivity contribution in [3.05, 3.63) is 69.8 Å². The van der Waals surface area contributed by atoms with Gasteiger partial charge < -0.3 is 15.0 Å². The molecule has 1 saturated carbocycles. The van der Waals surface area contributed by atoms with Crippen molar-refractivity contribution in [2.75, 3.05) is 7.11 Å². The molecule has 2 aromatic carbocycles. The van der Waals surface area contributed by atoms with Crippen molar-refractivity contribution in [1.29, 1.82) is 0 Å². The number of nitro benzene ring substituents is 1. The molecule has 1 aliphatic rings. The second kappa shape index (κ2) is 11.4. The normalized spacial score (nSPS) is 14.5. The molecule has 0 saturated heterocycles. The molecule has 2 amide bonds. The van der Waals surface area contributed by atoms with Crippen molar-refractivity contribution in [1.82, 2.24) is 10.2 Å². The summed E-state index contributed by atoms with van der Waals surface area (Å²) in [6, 6.07) is 13.0. The quantitative estimate of drug-likeness (QED) is 0.433. The number of ether oxygens (including phenoxy) is 1. The first-order chi connectivity index (χ1) is 15.9. The van der Waals surface area contributed by atoms with E-state index in [1.54, 1.807) is 25.3 Å². The largest absolute Gasteiger partial charge is 0.497 e. The maximum atomic E-state index is 13.5. The van der Waals surface area contributed by atoms with E-state index in [1.165, 1.54) is 11.0 Å². The van der Waals surface area contributed by atoms with Gasteiger partial charge in [0, 0.05) is 24.2 Å². The van der Waals surface area contributed by atoms with Crippen LogP contribution in [0, 0.1) is 10.1 Å². The van der Waals surface area contributed by atoms with Crippen molar-refractivity contribution >= 4 is 17.5 Å². The van der Waals surface area contributed by atoms with Crippen LogP contribution >= 0.6 is 0 Å². The fourth-order valence-electron chi connectivity index (χ4n) is 4.36. The predicted octanol–water partition coefficient (Wildman–Crippen LogP) is 4.01. The van der Waals surface area contributed by atoms with E-state index in [0.717, 1.165) is 31.2 Å². The van der Waals surface area contributed by atoms with Crippen molar-refractivity contribution in [2.24, 2.45) is 0 Å². The Labute approximate surface area is 194 Å². The zero-order valence-electron chi connectivity index (χ0n) is 19.2. The van der Waals surface area contributed by atoms with Gasteiger partial charge in [0.2, 0.25) is 11.8 Å². The number of hydrogen-bond acceptors (Lipinski definition) is 5. The second-order valence-electron chi connectivity index (χ2n) is 8.35. The van der Waals surface area contributed by atoms with Crippen LogP contribution in [-0.2, 0) is 22.6 Å². The molecule has 1 unspecified atom stereocenters. The lowest BCUT2D eigenvalue weighted by molar-refractivity contribution is -0.385. The number of nitro groups is 1. The Kier molecular flexibility index (Phi) is 8.40. The van der Waals surface area contributed by atoms with Gasteiger partial charge in [-0.1, -0.05) is 50.1 Å². The Morgan fingerprint density at radius 2 is 1.91 bits per heavy atom. The van der Waals surface area contributed by atoms with Crippen molar-refractivity contribution in [3.63, 3.8) is 0 Å². The summed E-state index contributed by atoms with van der Waals surface area (Å²) >= 11 is 0. The van der Waals surface area contributed by atoms with Crippen LogP contribution in [0.25, 0.3) is 0 Å². The van der Waals surface area contributed by atoms with E-state index in [1.807, 2.05) is 31.2 Å². The molecule has 0 radical (unpaired) electrons. The van der Waals surface area contributed by atoms with Gasteiger partial charge in [0.15, 0.2) is 0 Å². The average Bonchev–Trinajstić information content (AvgIpc) is 3.32. The SMILES string of the molecule is CCC(C(=O)NC1CCCC1)N(Cc1cccc(OC)c1)C(=O)Cc1ccccc1[N+](=O)[O-]. The van der Waals surface area contributed by atoms with Crippen LogP contribution in [-0.4, -0.2) is 40.8 Å². The number of carbonyl (C=O) groups excluding carboxylic acids is 2. The molecule has 0 spiro atoms. The number of amides is 2. The fraction of sp³-hybridized carbons (Fsp3) is 0.440. The Bertz CT molecular complexity index is 988. The lowest BCUT2D eigenvalue weighted by Gasteiger charge is -2.31. The van der Waals surface area contributed by atoms with Gasteiger partial charge in [-0.3, -0.25) is 19.7 Å². The molecule has 1 aliphatic carbocycles. The van der Waals surface area contributed by atoms with Crippen LogP contribution < -0.4 is 10.1 Å². The summed E-state index contributed by atoms with van der Waals surface area (Å²) in [7, 11) is 1.57. The molecule has 1 atom stereocenters. The Balaban J connectivity index is 1.88. The zero-order valence-corrected chi connectivity index (χ0v) is 19.2. The molecule has 2 aromatic rings. The number of para-hydroxylation sites is 1. The molecule has 0 aliphatic heterocycles. The molecule has 0 bridgehead atoms. The minimum Gasteiger partial charge on any atom is -0.497 e. The van der Waals surface area contributed by atoms with Gasteiger partial charge in [0.25, 0.3) is 5.69 Å². The maximum Gasteiger partial charge on any atom is 0.273 e. The summed E-state index contributed by atoms with van der Waals surface area (Å²) < 4.78 is 5.30. The van der Waals surface area contributed by atoms with E-state index in [-0.39, 0.29) is 36.5 Å². The number of benzene rings is 2. The smallest absolute Gasteiger partial charge is 0.273 e. The molecule has 176 valence electrons. The number of nitrogens with zero attached hydrogens (tertiary/aromatic N) is 2. The minimum absolute atomic E-state index is 0.101. The van der Waals surface area contributed by atoms with Crippen LogP contribution in [0.3, 0.4) is 0 Å². The Hall–Kier alpha value is -3.42. The van der Waals surface area contributed by atoms with Gasteiger partial charge in [-0.2, -0.15) is 0 Å². The van der Waals surface area contributed by atoms with E-state index < -0.39 is 11.0 Å². The number of rotatable bonds is 10. The summed E-state index contributed by atoms with van der Waals surface area (Å²) in [5.74, 6) is 0.144. The lowest BCUT2D eigenvalue weighted by Crippen LogP contribution is -2.51. The lowest BCUT2D eigenvalue weighted by atomic mass is 10.0. The standard InChI is InChI=1S/C25H31N3O5/c1-3-22(25(30)26-20-11-5-6-12-20)27(17-18-9-8-13-21(15-18)33-2)24(29)16-19-10-4-7-14-23(19)28(31)32/h4,7-10,13-15,20,22H,3,5-6,11-12,16-17H2,1-2H3,(H,26,30). The third kappa shape index (κ3) is 6.31. The number of methoxy groups -OCH3 is 1. The van der Waals surface area contributed by atoms with E-state index >= 15 is 0 Å². The van der Waals surface area contributed by atoms with E-state index in [0.29, 0.717) is 17.7 Å². The van der Waals surface area contributed by atoms with Crippen LogP contribution in [0.2, 0.25) is 0 Å². The molecule has 1 fully saturated rings. The maximum absolute atomic E-state index is 13.5. The molecule has 33 heavy (non-hydrogen) atoms. The van der Waals surface area contributed by atoms with Crippen molar-refractivity contribution in [3.8, 4) is 5.75 Å². The summed E-state index contributed by atoms with van der Waals surface area (Å²) in [5, 5.41) is 14.5. The van der Waals surface area contributed by atoms with E-state index in [9.17, 15) is 19.7 Å². The predicted molar refractivity (Wildman–Crippen MR) is 125 cm³/mol. The van der Waals surface area contributed by atoms with Crippen LogP contribution in [0.1, 0.15) is 50.2 Å². The second-order valence-corrected chi connectivity index (χ2v) is 8.35. The van der Waals surface area contributed by atoms with Gasteiger partial charge >= 0.3 is 0 Å². The molecule has 8 nitrogen and oxygen atoms in total. The van der Waals surface area contributed by atoms with Gasteiger partial charge in [0.05, 0.1) is 18.5 Å². The molecule has 1 N–H and O–H groups in total. The van der Waals surface area contributed by atoms with Gasteiger partial charge in [0.1, 0.15) is 11.8 Å². The average molecular weight is 454 g/mol. The van der Waals surface area contributed by atoms with Crippen LogP contribution in [0.4, 0.5) is 5.69 Å². The van der Waals surface area contributed by atoms with Gasteiger partial charge in [-0.15, -0.1) is 0 Å². The van der Waals surface area contributed by atoms with Crippen LogP contribution in [0.15, 0.2) is 48.5 Å². The number of carbonyl (C=O) groups is 2. The molecule has 0 aromatic heterocycles. The molecule has 8 heteroatoms. The highest BCUT2D eigenvalue weighted by atomic mass is 16.6. The highest BCUT2D eigenvalue weighted by Crippen LogP contribution is 2.23. The summed E-state index contributed by atoms with van der Waals surface area (Å²) in [4.78, 5) is 39.1. The Morgan fingerprint density at radius 3 is 2.58 bits per heavy atom. The highest BCUT2D eigenvalue weighted by molar-refractivity contribution is 5.89. The van der Waals surface area contributed by atoms with Crippen LogP contribution in [0.5, 0.6) is 5.75 Å². The minimum atomic E-state index is -0.674. The first kappa shape index (κ1) is 24.2. The topological polar surface area (TPSA) is 102 Å².